The highest BCUT2D eigenvalue weighted by Gasteiger charge is 2.35. The van der Waals surface area contributed by atoms with Gasteiger partial charge in [0.15, 0.2) is 0 Å². The second-order valence-corrected chi connectivity index (χ2v) is 5.31. The third-order valence-electron chi connectivity index (χ3n) is 3.76. The third kappa shape index (κ3) is 3.44. The Kier molecular flexibility index (Phi) is 4.40. The van der Waals surface area contributed by atoms with E-state index in [1.807, 2.05) is 0 Å². The molecule has 0 spiro atoms. The number of methoxy groups -OCH3 is 1. The molecule has 1 heterocycles. The van der Waals surface area contributed by atoms with Gasteiger partial charge < -0.3 is 10.1 Å². The number of hydrogen-bond donors (Lipinski definition) is 1. The second kappa shape index (κ2) is 5.87. The maximum absolute atomic E-state index is 14.3. The maximum atomic E-state index is 14.3. The highest BCUT2D eigenvalue weighted by atomic mass is 19.3. The predicted molar refractivity (Wildman–Crippen MR) is 71.8 cm³/mol. The lowest BCUT2D eigenvalue weighted by molar-refractivity contribution is -0.0318. The summed E-state index contributed by atoms with van der Waals surface area (Å²) in [6.45, 7) is 3.44. The zero-order chi connectivity index (χ0) is 13.9. The quantitative estimate of drug-likeness (QED) is 0.903. The molecule has 1 aromatic carbocycles. The summed E-state index contributed by atoms with van der Waals surface area (Å²) in [6, 6.07) is 4.63. The molecule has 0 radical (unpaired) electrons. The molecular weight excluding hydrogens is 248 g/mol. The Bertz CT molecular complexity index is 428. The summed E-state index contributed by atoms with van der Waals surface area (Å²) in [5.74, 6) is -2.05. The zero-order valence-corrected chi connectivity index (χ0v) is 11.5. The summed E-state index contributed by atoms with van der Waals surface area (Å²) < 4.78 is 33.7. The van der Waals surface area contributed by atoms with Gasteiger partial charge in [-0.25, -0.2) is 8.78 Å². The molecule has 1 aromatic rings. The van der Waals surface area contributed by atoms with Gasteiger partial charge in [0.05, 0.1) is 7.11 Å². The van der Waals surface area contributed by atoms with Crippen LogP contribution in [0.1, 0.15) is 30.4 Å². The summed E-state index contributed by atoms with van der Waals surface area (Å²) in [4.78, 5) is 0. The molecule has 1 unspecified atom stereocenters. The van der Waals surface area contributed by atoms with Gasteiger partial charge in [-0.3, -0.25) is 0 Å². The number of nitrogens with one attached hydrogen (secondary N) is 1. The Hall–Kier alpha value is -1.16. The van der Waals surface area contributed by atoms with Crippen LogP contribution in [0.15, 0.2) is 18.2 Å². The van der Waals surface area contributed by atoms with Crippen LogP contribution in [0.25, 0.3) is 0 Å². The first-order valence-electron chi connectivity index (χ1n) is 6.76. The molecule has 1 aliphatic rings. The molecule has 0 aliphatic carbocycles. The molecule has 1 aliphatic heterocycles. The van der Waals surface area contributed by atoms with Crippen LogP contribution < -0.4 is 10.1 Å². The summed E-state index contributed by atoms with van der Waals surface area (Å²) in [7, 11) is 1.55. The first kappa shape index (κ1) is 14.3. The van der Waals surface area contributed by atoms with Crippen molar-refractivity contribution in [3.63, 3.8) is 0 Å². The van der Waals surface area contributed by atoms with Crippen molar-refractivity contribution in [1.29, 1.82) is 0 Å². The van der Waals surface area contributed by atoms with Gasteiger partial charge in [0.1, 0.15) is 5.75 Å². The minimum absolute atomic E-state index is 0.0613. The molecule has 2 nitrogen and oxygen atoms in total. The predicted octanol–water partition coefficient (Wildman–Crippen LogP) is 3.49. The number of piperidine rings is 1. The van der Waals surface area contributed by atoms with Gasteiger partial charge in [0.25, 0.3) is 5.92 Å². The summed E-state index contributed by atoms with van der Waals surface area (Å²) >= 11 is 0. The summed E-state index contributed by atoms with van der Waals surface area (Å²) in [6.07, 6.45) is 1.80. The van der Waals surface area contributed by atoms with E-state index in [1.165, 1.54) is 12.1 Å². The van der Waals surface area contributed by atoms with E-state index in [2.05, 4.69) is 5.32 Å². The topological polar surface area (TPSA) is 21.3 Å². The van der Waals surface area contributed by atoms with E-state index in [4.69, 9.17) is 4.74 Å². The summed E-state index contributed by atoms with van der Waals surface area (Å²) in [5.41, 5.74) is 0.845. The van der Waals surface area contributed by atoms with E-state index in [0.717, 1.165) is 24.9 Å². The number of hydrogen-bond acceptors (Lipinski definition) is 2. The van der Waals surface area contributed by atoms with Gasteiger partial charge in [0.2, 0.25) is 0 Å². The van der Waals surface area contributed by atoms with Crippen molar-refractivity contribution >= 4 is 0 Å². The Morgan fingerprint density at radius 3 is 2.79 bits per heavy atom. The first-order chi connectivity index (χ1) is 9.03. The van der Waals surface area contributed by atoms with Gasteiger partial charge in [-0.1, -0.05) is 0 Å². The van der Waals surface area contributed by atoms with Crippen molar-refractivity contribution in [2.75, 3.05) is 20.2 Å². The average Bonchev–Trinajstić information content (AvgIpc) is 2.39. The molecule has 1 N–H and O–H groups in total. The van der Waals surface area contributed by atoms with Crippen LogP contribution in [0.5, 0.6) is 5.75 Å². The van der Waals surface area contributed by atoms with E-state index in [-0.39, 0.29) is 17.9 Å². The van der Waals surface area contributed by atoms with Gasteiger partial charge >= 0.3 is 0 Å². The Morgan fingerprint density at radius 2 is 2.21 bits per heavy atom. The molecule has 1 fully saturated rings. The summed E-state index contributed by atoms with van der Waals surface area (Å²) in [5, 5.41) is 3.19. The molecule has 0 bridgehead atoms. The van der Waals surface area contributed by atoms with Crippen LogP contribution in [-0.4, -0.2) is 20.2 Å². The van der Waals surface area contributed by atoms with Crippen molar-refractivity contribution < 1.29 is 13.5 Å². The molecule has 1 atom stereocenters. The third-order valence-corrected chi connectivity index (χ3v) is 3.76. The van der Waals surface area contributed by atoms with Crippen molar-refractivity contribution in [2.45, 2.75) is 32.1 Å². The molecule has 106 valence electrons. The van der Waals surface area contributed by atoms with Crippen LogP contribution in [-0.2, 0) is 5.92 Å². The minimum Gasteiger partial charge on any atom is -0.496 e. The van der Waals surface area contributed by atoms with E-state index >= 15 is 0 Å². The number of aryl methyl sites for hydroxylation is 1. The number of rotatable bonds is 4. The lowest BCUT2D eigenvalue weighted by Crippen LogP contribution is -2.33. The Morgan fingerprint density at radius 1 is 1.42 bits per heavy atom. The van der Waals surface area contributed by atoms with Gasteiger partial charge in [-0.15, -0.1) is 0 Å². The van der Waals surface area contributed by atoms with Crippen LogP contribution in [0.4, 0.5) is 8.78 Å². The number of alkyl halides is 2. The Labute approximate surface area is 113 Å². The molecule has 0 saturated carbocycles. The van der Waals surface area contributed by atoms with Gasteiger partial charge in [-0.05, 0) is 62.5 Å². The standard InChI is InChI=1S/C15H21F2NO/c1-11-8-13(5-6-14(11)19-2)15(16,17)9-12-4-3-7-18-10-12/h5-6,8,12,18H,3-4,7,9-10H2,1-2H3. The van der Waals surface area contributed by atoms with Crippen molar-refractivity contribution in [2.24, 2.45) is 5.92 Å². The van der Waals surface area contributed by atoms with Crippen molar-refractivity contribution in [3.05, 3.63) is 29.3 Å². The number of benzene rings is 1. The normalized spacial score (nSPS) is 20.3. The highest BCUT2D eigenvalue weighted by molar-refractivity contribution is 5.37. The Balaban J connectivity index is 2.11. The highest BCUT2D eigenvalue weighted by Crippen LogP contribution is 2.37. The van der Waals surface area contributed by atoms with E-state index < -0.39 is 5.92 Å². The molecule has 19 heavy (non-hydrogen) atoms. The van der Waals surface area contributed by atoms with Crippen LogP contribution in [0.2, 0.25) is 0 Å². The van der Waals surface area contributed by atoms with E-state index in [9.17, 15) is 8.78 Å². The number of ether oxygens (including phenoxy) is 1. The zero-order valence-electron chi connectivity index (χ0n) is 11.5. The smallest absolute Gasteiger partial charge is 0.273 e. The molecular formula is C15H21F2NO. The molecule has 4 heteroatoms. The fourth-order valence-electron chi connectivity index (χ4n) is 2.68. The molecule has 0 amide bonds. The molecule has 1 saturated heterocycles. The minimum atomic E-state index is -2.76. The van der Waals surface area contributed by atoms with E-state index in [1.54, 1.807) is 20.1 Å². The van der Waals surface area contributed by atoms with Gasteiger partial charge in [0, 0.05) is 12.0 Å². The van der Waals surface area contributed by atoms with Crippen LogP contribution >= 0.6 is 0 Å². The SMILES string of the molecule is COc1ccc(C(F)(F)CC2CCCNC2)cc1C. The molecule has 2 rings (SSSR count). The maximum Gasteiger partial charge on any atom is 0.273 e. The van der Waals surface area contributed by atoms with Gasteiger partial charge in [-0.2, -0.15) is 0 Å². The monoisotopic (exact) mass is 269 g/mol. The fourth-order valence-corrected chi connectivity index (χ4v) is 2.68. The largest absolute Gasteiger partial charge is 0.496 e. The van der Waals surface area contributed by atoms with Crippen molar-refractivity contribution in [3.8, 4) is 5.75 Å². The van der Waals surface area contributed by atoms with E-state index in [0.29, 0.717) is 12.3 Å². The lowest BCUT2D eigenvalue weighted by atomic mass is 9.90. The van der Waals surface area contributed by atoms with Crippen molar-refractivity contribution in [1.82, 2.24) is 5.32 Å². The van der Waals surface area contributed by atoms with Crippen LogP contribution in [0.3, 0.4) is 0 Å². The van der Waals surface area contributed by atoms with Crippen LogP contribution in [0, 0.1) is 12.8 Å². The number of halogens is 2. The second-order valence-electron chi connectivity index (χ2n) is 5.31. The molecule has 0 aromatic heterocycles. The fraction of sp³-hybridized carbons (Fsp3) is 0.600. The first-order valence-corrected chi connectivity index (χ1v) is 6.76. The lowest BCUT2D eigenvalue weighted by Gasteiger charge is -2.27. The average molecular weight is 269 g/mol.